The number of ether oxygens (including phenoxy) is 1. The molecule has 0 bridgehead atoms. The molecule has 0 spiro atoms. The van der Waals surface area contributed by atoms with Gasteiger partial charge in [0.15, 0.2) is 11.6 Å². The van der Waals surface area contributed by atoms with Crippen LogP contribution in [-0.2, 0) is 11.8 Å². The summed E-state index contributed by atoms with van der Waals surface area (Å²) < 4.78 is 48.6. The van der Waals surface area contributed by atoms with Crippen LogP contribution in [0.2, 0.25) is 0 Å². The number of terminal acetylenes is 1. The zero-order chi connectivity index (χ0) is 21.8. The maximum atomic E-state index is 14.8. The van der Waals surface area contributed by atoms with Gasteiger partial charge in [-0.25, -0.2) is 13.8 Å². The van der Waals surface area contributed by atoms with Crippen molar-refractivity contribution >= 4 is 22.5 Å². The first-order valence-corrected chi connectivity index (χ1v) is 8.54. The second-order valence-corrected chi connectivity index (χ2v) is 6.48. The highest BCUT2D eigenvalue weighted by Gasteiger charge is 2.50. The molecule has 10 heteroatoms. The molecule has 0 saturated carbocycles. The number of anilines is 1. The first kappa shape index (κ1) is 19.3. The normalized spacial score (nSPS) is 14.9. The molecular weight excluding hydrogens is 403 g/mol. The van der Waals surface area contributed by atoms with Crippen molar-refractivity contribution in [1.82, 2.24) is 9.13 Å². The Morgan fingerprint density at radius 2 is 1.83 bits per heavy atom. The summed E-state index contributed by atoms with van der Waals surface area (Å²) >= 11 is 0. The predicted octanol–water partition coefficient (Wildman–Crippen LogP) is 1.78. The summed E-state index contributed by atoms with van der Waals surface area (Å²) in [5, 5.41) is 0.135. The molecule has 0 N–H and O–H groups in total. The van der Waals surface area contributed by atoms with Gasteiger partial charge in [-0.05, 0) is 18.2 Å². The van der Waals surface area contributed by atoms with Crippen molar-refractivity contribution in [2.24, 2.45) is 7.05 Å². The van der Waals surface area contributed by atoms with Crippen LogP contribution in [0.25, 0.3) is 16.6 Å². The van der Waals surface area contributed by atoms with Crippen LogP contribution in [0.5, 0.6) is 5.75 Å². The number of halogens is 3. The van der Waals surface area contributed by atoms with E-state index in [1.807, 2.05) is 0 Å². The lowest BCUT2D eigenvalue weighted by atomic mass is 10.1. The fourth-order valence-corrected chi connectivity index (χ4v) is 3.31. The minimum absolute atomic E-state index is 0.135. The van der Waals surface area contributed by atoms with Crippen LogP contribution in [0.4, 0.5) is 18.9 Å². The molecule has 0 fully saturated rings. The second-order valence-electron chi connectivity index (χ2n) is 6.48. The number of rotatable bonds is 2. The molecule has 1 aromatic heterocycles. The molecule has 0 atom stereocenters. The Bertz CT molecular complexity index is 1390. The second kappa shape index (κ2) is 6.52. The fraction of sp³-hybridized carbons (Fsp3) is 0.150. The molecular formula is C20H12F3N3O4. The molecule has 7 nitrogen and oxygen atoms in total. The van der Waals surface area contributed by atoms with Crippen LogP contribution < -0.4 is 20.9 Å². The topological polar surface area (TPSA) is 73.5 Å². The SMILES string of the molecule is C#CCN1C(=O)C(F)(F)Oc2cc(F)c(-n3c(=O)c4ccccc4n(C)c3=O)cc21. The van der Waals surface area contributed by atoms with Crippen molar-refractivity contribution in [2.75, 3.05) is 11.4 Å². The van der Waals surface area contributed by atoms with Crippen molar-refractivity contribution in [3.8, 4) is 23.8 Å². The van der Waals surface area contributed by atoms with Crippen molar-refractivity contribution in [2.45, 2.75) is 6.11 Å². The lowest BCUT2D eigenvalue weighted by molar-refractivity contribution is -0.192. The van der Waals surface area contributed by atoms with Gasteiger partial charge in [0, 0.05) is 13.1 Å². The van der Waals surface area contributed by atoms with Crippen LogP contribution >= 0.6 is 0 Å². The number of alkyl halides is 2. The first-order valence-electron chi connectivity index (χ1n) is 8.54. The summed E-state index contributed by atoms with van der Waals surface area (Å²) in [4.78, 5) is 38.3. The first-order chi connectivity index (χ1) is 14.2. The summed E-state index contributed by atoms with van der Waals surface area (Å²) in [6.45, 7) is -0.555. The van der Waals surface area contributed by atoms with Gasteiger partial charge in [-0.3, -0.25) is 19.1 Å². The third-order valence-electron chi connectivity index (χ3n) is 4.72. The lowest BCUT2D eigenvalue weighted by Gasteiger charge is -2.32. The molecule has 0 unspecified atom stereocenters. The lowest BCUT2D eigenvalue weighted by Crippen LogP contribution is -2.51. The molecule has 0 radical (unpaired) electrons. The highest BCUT2D eigenvalue weighted by atomic mass is 19.3. The number of hydrogen-bond donors (Lipinski definition) is 0. The van der Waals surface area contributed by atoms with Crippen LogP contribution in [0.3, 0.4) is 0 Å². The summed E-state index contributed by atoms with van der Waals surface area (Å²) in [6.07, 6.45) is 0.922. The molecule has 0 saturated heterocycles. The van der Waals surface area contributed by atoms with Crippen LogP contribution in [0, 0.1) is 18.2 Å². The number of fused-ring (bicyclic) bond motifs is 2. The number of hydrogen-bond acceptors (Lipinski definition) is 4. The quantitative estimate of drug-likeness (QED) is 0.599. The summed E-state index contributed by atoms with van der Waals surface area (Å²) in [5.74, 6) is -1.50. The number of carbonyl (C=O) groups is 1. The molecule has 1 amide bonds. The van der Waals surface area contributed by atoms with E-state index in [1.54, 1.807) is 18.2 Å². The zero-order valence-corrected chi connectivity index (χ0v) is 15.4. The van der Waals surface area contributed by atoms with Crippen LogP contribution in [0.1, 0.15) is 0 Å². The highest BCUT2D eigenvalue weighted by Crippen LogP contribution is 2.41. The smallest absolute Gasteiger partial charge is 0.423 e. The number of nitrogens with zero attached hydrogens (tertiary/aromatic N) is 3. The van der Waals surface area contributed by atoms with Gasteiger partial charge in [0.1, 0.15) is 0 Å². The van der Waals surface area contributed by atoms with Gasteiger partial charge in [0.25, 0.3) is 5.56 Å². The number of benzene rings is 2. The Hall–Kier alpha value is -4.00. The van der Waals surface area contributed by atoms with E-state index in [2.05, 4.69) is 10.7 Å². The van der Waals surface area contributed by atoms with Gasteiger partial charge in [-0.2, -0.15) is 8.78 Å². The molecule has 1 aliphatic heterocycles. The van der Waals surface area contributed by atoms with E-state index in [9.17, 15) is 27.6 Å². The minimum atomic E-state index is -4.24. The average molecular weight is 415 g/mol. The van der Waals surface area contributed by atoms with E-state index in [0.29, 0.717) is 21.1 Å². The Kier molecular flexibility index (Phi) is 4.20. The molecule has 2 heterocycles. The standard InChI is InChI=1S/C20H12F3N3O4/c1-3-8-25-15-10-14(12(21)9-16(15)30-20(22,23)18(25)28)26-17(27)11-6-4-5-7-13(11)24(2)19(26)29/h1,4-7,9-10H,8H2,2H3. The predicted molar refractivity (Wildman–Crippen MR) is 102 cm³/mol. The van der Waals surface area contributed by atoms with E-state index in [0.717, 1.165) is 10.6 Å². The van der Waals surface area contributed by atoms with E-state index in [-0.39, 0.29) is 11.1 Å². The molecule has 1 aliphatic rings. The highest BCUT2D eigenvalue weighted by molar-refractivity contribution is 6.01. The number of amides is 1. The van der Waals surface area contributed by atoms with E-state index in [4.69, 9.17) is 6.42 Å². The van der Waals surface area contributed by atoms with E-state index in [1.165, 1.54) is 13.1 Å². The van der Waals surface area contributed by atoms with Crippen molar-refractivity contribution in [3.63, 3.8) is 0 Å². The van der Waals surface area contributed by atoms with Gasteiger partial charge in [0.2, 0.25) is 0 Å². The Morgan fingerprint density at radius 3 is 2.53 bits per heavy atom. The van der Waals surface area contributed by atoms with Crippen LogP contribution in [0.15, 0.2) is 46.0 Å². The van der Waals surface area contributed by atoms with Gasteiger partial charge >= 0.3 is 17.7 Å². The summed E-state index contributed by atoms with van der Waals surface area (Å²) in [6, 6.07) is 7.70. The number of aromatic nitrogens is 2. The molecule has 0 aliphatic carbocycles. The van der Waals surface area contributed by atoms with E-state index >= 15 is 0 Å². The van der Waals surface area contributed by atoms with Crippen molar-refractivity contribution < 1.29 is 22.7 Å². The molecule has 2 aromatic carbocycles. The maximum absolute atomic E-state index is 14.8. The van der Waals surface area contributed by atoms with E-state index < -0.39 is 47.1 Å². The molecule has 152 valence electrons. The minimum Gasteiger partial charge on any atom is -0.423 e. The van der Waals surface area contributed by atoms with Gasteiger partial charge in [0.05, 0.1) is 28.8 Å². The van der Waals surface area contributed by atoms with Gasteiger partial charge in [-0.15, -0.1) is 6.42 Å². The maximum Gasteiger partial charge on any atom is 0.483 e. The fourth-order valence-electron chi connectivity index (χ4n) is 3.31. The van der Waals surface area contributed by atoms with Crippen LogP contribution in [-0.4, -0.2) is 27.7 Å². The number of carbonyl (C=O) groups excluding carboxylic acids is 1. The summed E-state index contributed by atoms with van der Waals surface area (Å²) in [7, 11) is 1.40. The average Bonchev–Trinajstić information content (AvgIpc) is 2.70. The molecule has 3 aromatic rings. The van der Waals surface area contributed by atoms with Crippen molar-refractivity contribution in [1.29, 1.82) is 0 Å². The van der Waals surface area contributed by atoms with Gasteiger partial charge < -0.3 is 4.74 Å². The zero-order valence-electron chi connectivity index (χ0n) is 15.4. The largest absolute Gasteiger partial charge is 0.483 e. The third kappa shape index (κ3) is 2.67. The molecule has 4 rings (SSSR count). The summed E-state index contributed by atoms with van der Waals surface area (Å²) in [5.41, 5.74) is -2.18. The molecule has 30 heavy (non-hydrogen) atoms. The Balaban J connectivity index is 2.04. The number of aryl methyl sites for hydroxylation is 1. The Labute approximate surface area is 166 Å². The van der Waals surface area contributed by atoms with Gasteiger partial charge in [-0.1, -0.05) is 18.1 Å². The monoisotopic (exact) mass is 415 g/mol. The number of para-hydroxylation sites is 1. The third-order valence-corrected chi connectivity index (χ3v) is 4.72. The Morgan fingerprint density at radius 1 is 1.13 bits per heavy atom. The van der Waals surface area contributed by atoms with Crippen molar-refractivity contribution in [3.05, 3.63) is 63.1 Å².